The standard InChI is InChI=1S/C19H23FN4O/c1-13-12-15(20)2-5-17(13)24-11-8-18(22-24)21-19(25)14-6-9-23(10-7-14)16-3-4-16/h2,5,8,11-12,14,16H,3-4,6-7,9-10H2,1H3,(H,21,22,25). The Morgan fingerprint density at radius 3 is 2.64 bits per heavy atom. The fraction of sp³-hybridized carbons (Fsp3) is 0.474. The first kappa shape index (κ1) is 16.3. The van der Waals surface area contributed by atoms with Crippen LogP contribution in [0.15, 0.2) is 30.5 Å². The number of hydrogen-bond donors (Lipinski definition) is 1. The maximum absolute atomic E-state index is 13.2. The zero-order valence-corrected chi connectivity index (χ0v) is 14.4. The van der Waals surface area contributed by atoms with Crippen molar-refractivity contribution in [1.82, 2.24) is 14.7 Å². The molecule has 2 fully saturated rings. The molecule has 1 aromatic heterocycles. The van der Waals surface area contributed by atoms with Gasteiger partial charge in [-0.25, -0.2) is 9.07 Å². The molecule has 0 radical (unpaired) electrons. The van der Waals surface area contributed by atoms with Crippen molar-refractivity contribution in [2.45, 2.75) is 38.6 Å². The van der Waals surface area contributed by atoms with Crippen LogP contribution in [0, 0.1) is 18.7 Å². The summed E-state index contributed by atoms with van der Waals surface area (Å²) in [5.41, 5.74) is 1.60. The summed E-state index contributed by atoms with van der Waals surface area (Å²) in [6, 6.07) is 7.13. The van der Waals surface area contributed by atoms with Gasteiger partial charge in [0.25, 0.3) is 0 Å². The second-order valence-corrected chi connectivity index (χ2v) is 7.11. The number of aryl methyl sites for hydroxylation is 1. The van der Waals surface area contributed by atoms with Crippen LogP contribution in [-0.2, 0) is 4.79 Å². The van der Waals surface area contributed by atoms with E-state index in [2.05, 4.69) is 15.3 Å². The van der Waals surface area contributed by atoms with Gasteiger partial charge in [-0.15, -0.1) is 0 Å². The van der Waals surface area contributed by atoms with Gasteiger partial charge in [-0.05, 0) is 69.5 Å². The summed E-state index contributed by atoms with van der Waals surface area (Å²) in [5.74, 6) is 0.391. The molecule has 1 aliphatic heterocycles. The summed E-state index contributed by atoms with van der Waals surface area (Å²) >= 11 is 0. The number of carbonyl (C=O) groups excluding carboxylic acids is 1. The number of rotatable bonds is 4. The molecule has 0 atom stereocenters. The molecule has 0 unspecified atom stereocenters. The van der Waals surface area contributed by atoms with Crippen molar-refractivity contribution in [2.75, 3.05) is 18.4 Å². The van der Waals surface area contributed by atoms with Crippen LogP contribution < -0.4 is 5.32 Å². The number of hydrogen-bond acceptors (Lipinski definition) is 3. The maximum Gasteiger partial charge on any atom is 0.228 e. The SMILES string of the molecule is Cc1cc(F)ccc1-n1ccc(NC(=O)C2CCN(C3CC3)CC2)n1. The molecule has 1 N–H and O–H groups in total. The topological polar surface area (TPSA) is 50.2 Å². The number of piperidine rings is 1. The number of likely N-dealkylation sites (tertiary alicyclic amines) is 1. The molecule has 25 heavy (non-hydrogen) atoms. The smallest absolute Gasteiger partial charge is 0.228 e. The number of aromatic nitrogens is 2. The largest absolute Gasteiger partial charge is 0.309 e. The molecule has 4 rings (SSSR count). The van der Waals surface area contributed by atoms with Crippen LogP contribution in [0.2, 0.25) is 0 Å². The first-order valence-electron chi connectivity index (χ1n) is 8.97. The van der Waals surface area contributed by atoms with E-state index in [9.17, 15) is 9.18 Å². The molecule has 2 aromatic rings. The predicted molar refractivity (Wildman–Crippen MR) is 94.2 cm³/mol. The van der Waals surface area contributed by atoms with Crippen molar-refractivity contribution < 1.29 is 9.18 Å². The molecule has 2 heterocycles. The van der Waals surface area contributed by atoms with Crippen molar-refractivity contribution in [1.29, 1.82) is 0 Å². The van der Waals surface area contributed by atoms with Gasteiger partial charge >= 0.3 is 0 Å². The van der Waals surface area contributed by atoms with Crippen molar-refractivity contribution in [3.63, 3.8) is 0 Å². The highest BCUT2D eigenvalue weighted by atomic mass is 19.1. The van der Waals surface area contributed by atoms with Gasteiger partial charge in [0.1, 0.15) is 5.82 Å². The van der Waals surface area contributed by atoms with Gasteiger partial charge in [-0.2, -0.15) is 5.10 Å². The minimum atomic E-state index is -0.264. The second-order valence-electron chi connectivity index (χ2n) is 7.11. The number of carbonyl (C=O) groups is 1. The quantitative estimate of drug-likeness (QED) is 0.929. The lowest BCUT2D eigenvalue weighted by molar-refractivity contribution is -0.121. The third-order valence-corrected chi connectivity index (χ3v) is 5.21. The first-order chi connectivity index (χ1) is 12.1. The monoisotopic (exact) mass is 342 g/mol. The van der Waals surface area contributed by atoms with E-state index < -0.39 is 0 Å². The molecule has 0 bridgehead atoms. The summed E-state index contributed by atoms with van der Waals surface area (Å²) in [5, 5.41) is 7.34. The molecule has 1 aromatic carbocycles. The Hall–Kier alpha value is -2.21. The summed E-state index contributed by atoms with van der Waals surface area (Å²) < 4.78 is 14.9. The molecule has 0 spiro atoms. The van der Waals surface area contributed by atoms with Gasteiger partial charge in [0.05, 0.1) is 5.69 Å². The van der Waals surface area contributed by atoms with Crippen molar-refractivity contribution in [3.8, 4) is 5.69 Å². The van der Waals surface area contributed by atoms with Crippen LogP contribution in [0.25, 0.3) is 5.69 Å². The number of anilines is 1. The van der Waals surface area contributed by atoms with Gasteiger partial charge in [0.2, 0.25) is 5.91 Å². The van der Waals surface area contributed by atoms with Gasteiger partial charge in [0.15, 0.2) is 5.82 Å². The van der Waals surface area contributed by atoms with Crippen LogP contribution in [0.4, 0.5) is 10.2 Å². The molecule has 1 saturated heterocycles. The summed E-state index contributed by atoms with van der Waals surface area (Å²) in [6.45, 7) is 3.88. The molecule has 5 nitrogen and oxygen atoms in total. The Balaban J connectivity index is 1.38. The predicted octanol–water partition coefficient (Wildman–Crippen LogP) is 3.13. The van der Waals surface area contributed by atoms with E-state index in [1.807, 2.05) is 6.92 Å². The van der Waals surface area contributed by atoms with Crippen molar-refractivity contribution in [3.05, 3.63) is 41.8 Å². The molecular formula is C19H23FN4O. The highest BCUT2D eigenvalue weighted by molar-refractivity contribution is 5.91. The fourth-order valence-corrected chi connectivity index (χ4v) is 3.60. The Morgan fingerprint density at radius 1 is 1.20 bits per heavy atom. The zero-order valence-electron chi connectivity index (χ0n) is 14.4. The lowest BCUT2D eigenvalue weighted by Gasteiger charge is -2.31. The number of nitrogens with one attached hydrogen (secondary N) is 1. The molecule has 1 aliphatic carbocycles. The van der Waals surface area contributed by atoms with E-state index in [0.29, 0.717) is 5.82 Å². The van der Waals surface area contributed by atoms with E-state index in [1.165, 1.54) is 25.0 Å². The minimum absolute atomic E-state index is 0.0523. The van der Waals surface area contributed by atoms with E-state index in [-0.39, 0.29) is 17.6 Å². The fourth-order valence-electron chi connectivity index (χ4n) is 3.60. The highest BCUT2D eigenvalue weighted by Gasteiger charge is 2.33. The third kappa shape index (κ3) is 3.58. The van der Waals surface area contributed by atoms with E-state index in [0.717, 1.165) is 43.2 Å². The highest BCUT2D eigenvalue weighted by Crippen LogP contribution is 2.31. The third-order valence-electron chi connectivity index (χ3n) is 5.21. The molecule has 1 saturated carbocycles. The van der Waals surface area contributed by atoms with Crippen LogP contribution in [-0.4, -0.2) is 39.7 Å². The Morgan fingerprint density at radius 2 is 1.96 bits per heavy atom. The number of benzene rings is 1. The summed E-state index contributed by atoms with van der Waals surface area (Å²) in [7, 11) is 0. The molecule has 1 amide bonds. The lowest BCUT2D eigenvalue weighted by Crippen LogP contribution is -2.39. The summed E-state index contributed by atoms with van der Waals surface area (Å²) in [4.78, 5) is 15.0. The summed E-state index contributed by atoms with van der Waals surface area (Å²) in [6.07, 6.45) is 6.25. The van der Waals surface area contributed by atoms with E-state index >= 15 is 0 Å². The number of halogens is 1. The first-order valence-corrected chi connectivity index (χ1v) is 8.97. The van der Waals surface area contributed by atoms with E-state index in [4.69, 9.17) is 0 Å². The van der Waals surface area contributed by atoms with Gasteiger partial charge in [-0.1, -0.05) is 0 Å². The van der Waals surface area contributed by atoms with Crippen LogP contribution in [0.3, 0.4) is 0 Å². The van der Waals surface area contributed by atoms with Gasteiger partial charge < -0.3 is 10.2 Å². The van der Waals surface area contributed by atoms with Crippen LogP contribution in [0.1, 0.15) is 31.2 Å². The zero-order chi connectivity index (χ0) is 17.4. The Kier molecular flexibility index (Phi) is 4.29. The van der Waals surface area contributed by atoms with Crippen LogP contribution >= 0.6 is 0 Å². The minimum Gasteiger partial charge on any atom is -0.309 e. The van der Waals surface area contributed by atoms with Crippen molar-refractivity contribution in [2.24, 2.45) is 5.92 Å². The number of nitrogens with zero attached hydrogens (tertiary/aromatic N) is 3. The molecule has 2 aliphatic rings. The maximum atomic E-state index is 13.2. The molecule has 6 heteroatoms. The van der Waals surface area contributed by atoms with Crippen molar-refractivity contribution >= 4 is 11.7 Å². The number of amides is 1. The molecule has 132 valence electrons. The van der Waals surface area contributed by atoms with Crippen LogP contribution in [0.5, 0.6) is 0 Å². The Labute approximate surface area is 146 Å². The molecular weight excluding hydrogens is 319 g/mol. The Bertz CT molecular complexity index is 775. The van der Waals surface area contributed by atoms with E-state index in [1.54, 1.807) is 23.0 Å². The van der Waals surface area contributed by atoms with Gasteiger partial charge in [-0.3, -0.25) is 4.79 Å². The lowest BCUT2D eigenvalue weighted by atomic mass is 9.96. The van der Waals surface area contributed by atoms with Gasteiger partial charge in [0, 0.05) is 24.2 Å². The normalized spacial score (nSPS) is 19.1. The average Bonchev–Trinajstić information content (AvgIpc) is 3.35. The second kappa shape index (κ2) is 6.59. The average molecular weight is 342 g/mol.